The summed E-state index contributed by atoms with van der Waals surface area (Å²) in [6.07, 6.45) is 0. The number of nitrogens with zero attached hydrogens (tertiary/aromatic N) is 2. The molecule has 2 amide bonds. The maximum atomic E-state index is 13.7. The van der Waals surface area contributed by atoms with Crippen molar-refractivity contribution in [2.45, 2.75) is 6.92 Å². The number of rotatable bonds is 4. The summed E-state index contributed by atoms with van der Waals surface area (Å²) in [5.41, 5.74) is 1.62. The molecule has 0 spiro atoms. The highest BCUT2D eigenvalue weighted by atomic mass is 32.2. The lowest BCUT2D eigenvalue weighted by Crippen LogP contribution is -2.36. The number of carbonyl (C=O) groups is 2. The van der Waals surface area contributed by atoms with E-state index in [2.05, 4.69) is 10.3 Å². The van der Waals surface area contributed by atoms with Crippen LogP contribution in [0.15, 0.2) is 47.5 Å². The zero-order valence-corrected chi connectivity index (χ0v) is 14.6. The van der Waals surface area contributed by atoms with Gasteiger partial charge in [0.15, 0.2) is 5.17 Å². The summed E-state index contributed by atoms with van der Waals surface area (Å²) in [5.74, 6) is -2.16. The largest absolute Gasteiger partial charge is 0.322 e. The van der Waals surface area contributed by atoms with Crippen molar-refractivity contribution < 1.29 is 18.4 Å². The Morgan fingerprint density at radius 2 is 1.96 bits per heavy atom. The second-order valence-corrected chi connectivity index (χ2v) is 6.61. The van der Waals surface area contributed by atoms with Gasteiger partial charge in [-0.05, 0) is 31.2 Å². The molecule has 0 aromatic heterocycles. The minimum absolute atomic E-state index is 0.114. The number of aliphatic imine (C=N–C) groups is 1. The Balaban J connectivity index is 1.81. The molecule has 1 aliphatic rings. The minimum atomic E-state index is -0.858. The number of amidine groups is 1. The molecule has 8 heteroatoms. The first-order chi connectivity index (χ1) is 12.4. The molecular weight excluding hydrogens is 360 g/mol. The van der Waals surface area contributed by atoms with Crippen LogP contribution in [0.4, 0.5) is 20.2 Å². The van der Waals surface area contributed by atoms with Crippen molar-refractivity contribution in [1.82, 2.24) is 0 Å². The van der Waals surface area contributed by atoms with Gasteiger partial charge < -0.3 is 10.2 Å². The first-order valence-corrected chi connectivity index (χ1v) is 8.74. The van der Waals surface area contributed by atoms with Crippen LogP contribution in [0.3, 0.4) is 0 Å². The van der Waals surface area contributed by atoms with Gasteiger partial charge in [0.2, 0.25) is 5.91 Å². The van der Waals surface area contributed by atoms with E-state index < -0.39 is 17.5 Å². The molecule has 1 heterocycles. The molecular formula is C18H15F2N3O2S. The van der Waals surface area contributed by atoms with Gasteiger partial charge in [-0.2, -0.15) is 4.99 Å². The highest BCUT2D eigenvalue weighted by Crippen LogP contribution is 2.24. The molecule has 5 nitrogen and oxygen atoms in total. The van der Waals surface area contributed by atoms with Crippen molar-refractivity contribution in [2.75, 3.05) is 22.5 Å². The predicted molar refractivity (Wildman–Crippen MR) is 98.4 cm³/mol. The van der Waals surface area contributed by atoms with Gasteiger partial charge in [0, 0.05) is 11.8 Å². The molecule has 26 heavy (non-hydrogen) atoms. The molecule has 0 saturated carbocycles. The van der Waals surface area contributed by atoms with Gasteiger partial charge in [-0.3, -0.25) is 9.59 Å². The first-order valence-electron chi connectivity index (χ1n) is 7.76. The smallest absolute Gasteiger partial charge is 0.258 e. The molecule has 0 radical (unpaired) electrons. The van der Waals surface area contributed by atoms with Crippen LogP contribution in [0, 0.1) is 18.6 Å². The normalized spacial score (nSPS) is 13.5. The molecule has 2 aromatic rings. The van der Waals surface area contributed by atoms with Crippen LogP contribution in [0.1, 0.15) is 5.56 Å². The highest BCUT2D eigenvalue weighted by Gasteiger charge is 2.24. The van der Waals surface area contributed by atoms with Crippen molar-refractivity contribution in [3.8, 4) is 0 Å². The second-order valence-electron chi connectivity index (χ2n) is 5.67. The van der Waals surface area contributed by atoms with E-state index in [-0.39, 0.29) is 23.9 Å². The number of amides is 2. The lowest BCUT2D eigenvalue weighted by atomic mass is 10.2. The zero-order chi connectivity index (χ0) is 18.7. The number of nitrogens with one attached hydrogen (secondary N) is 1. The third-order valence-corrected chi connectivity index (χ3v) is 4.59. The van der Waals surface area contributed by atoms with Crippen LogP contribution in [-0.4, -0.2) is 29.3 Å². The molecule has 0 saturated heterocycles. The summed E-state index contributed by atoms with van der Waals surface area (Å²) in [7, 11) is 0. The van der Waals surface area contributed by atoms with Gasteiger partial charge >= 0.3 is 0 Å². The predicted octanol–water partition coefficient (Wildman–Crippen LogP) is 3.35. The van der Waals surface area contributed by atoms with Gasteiger partial charge in [0.25, 0.3) is 5.91 Å². The summed E-state index contributed by atoms with van der Waals surface area (Å²) in [4.78, 5) is 29.4. The van der Waals surface area contributed by atoms with Crippen molar-refractivity contribution in [2.24, 2.45) is 4.99 Å². The molecule has 3 rings (SSSR count). The number of aryl methyl sites for hydroxylation is 1. The van der Waals surface area contributed by atoms with Gasteiger partial charge in [0.05, 0.1) is 11.4 Å². The molecule has 0 bridgehead atoms. The van der Waals surface area contributed by atoms with Crippen LogP contribution >= 0.6 is 11.8 Å². The lowest BCUT2D eigenvalue weighted by Gasteiger charge is -2.23. The summed E-state index contributed by atoms with van der Waals surface area (Å²) < 4.78 is 26.7. The van der Waals surface area contributed by atoms with E-state index >= 15 is 0 Å². The zero-order valence-electron chi connectivity index (χ0n) is 13.8. The second kappa shape index (κ2) is 7.65. The maximum absolute atomic E-state index is 13.7. The first kappa shape index (κ1) is 18.1. The monoisotopic (exact) mass is 375 g/mol. The number of hydrogen-bond acceptors (Lipinski definition) is 4. The third kappa shape index (κ3) is 4.26. The Kier molecular flexibility index (Phi) is 5.32. The summed E-state index contributed by atoms with van der Waals surface area (Å²) >= 11 is 1.23. The molecule has 2 aromatic carbocycles. The number of carbonyl (C=O) groups excluding carboxylic acids is 2. The van der Waals surface area contributed by atoms with E-state index in [0.29, 0.717) is 16.9 Å². The average molecular weight is 375 g/mol. The number of halogens is 2. The lowest BCUT2D eigenvalue weighted by molar-refractivity contribution is -0.116. The van der Waals surface area contributed by atoms with E-state index in [9.17, 15) is 18.4 Å². The average Bonchev–Trinajstić information content (AvgIpc) is 3.02. The Hall–Kier alpha value is -2.74. The number of benzene rings is 2. The third-order valence-electron chi connectivity index (χ3n) is 3.63. The summed E-state index contributed by atoms with van der Waals surface area (Å²) in [6.45, 7) is 1.77. The summed E-state index contributed by atoms with van der Waals surface area (Å²) in [6, 6.07) is 10.3. The van der Waals surface area contributed by atoms with Gasteiger partial charge in [-0.1, -0.05) is 29.5 Å². The Labute approximate surface area is 153 Å². The van der Waals surface area contributed by atoms with Gasteiger partial charge in [-0.15, -0.1) is 0 Å². The van der Waals surface area contributed by atoms with E-state index in [1.54, 1.807) is 4.90 Å². The van der Waals surface area contributed by atoms with Crippen LogP contribution in [0.2, 0.25) is 0 Å². The van der Waals surface area contributed by atoms with Crippen molar-refractivity contribution in [3.63, 3.8) is 0 Å². The van der Waals surface area contributed by atoms with E-state index in [4.69, 9.17) is 0 Å². The molecule has 1 N–H and O–H groups in total. The Morgan fingerprint density at radius 3 is 2.58 bits per heavy atom. The highest BCUT2D eigenvalue weighted by molar-refractivity contribution is 8.15. The number of hydrogen-bond donors (Lipinski definition) is 1. The fourth-order valence-electron chi connectivity index (χ4n) is 2.35. The molecule has 0 atom stereocenters. The standard InChI is InChI=1S/C18H15F2N3O2S/c1-11-2-5-13(6-3-11)23(18-22-17(25)10-26-18)9-16(24)21-15-7-4-12(19)8-14(15)20/h2-8H,9-10H2,1H3,(H,21,24). The topological polar surface area (TPSA) is 61.8 Å². The molecule has 134 valence electrons. The van der Waals surface area contributed by atoms with Gasteiger partial charge in [-0.25, -0.2) is 8.78 Å². The number of anilines is 2. The van der Waals surface area contributed by atoms with Crippen molar-refractivity contribution in [3.05, 3.63) is 59.7 Å². The SMILES string of the molecule is Cc1ccc(N(CC(=O)Nc2ccc(F)cc2F)C2=NC(=O)CS2)cc1. The fourth-order valence-corrected chi connectivity index (χ4v) is 3.16. The molecule has 0 aliphatic carbocycles. The molecule has 0 unspecified atom stereocenters. The molecule has 0 fully saturated rings. The van der Waals surface area contributed by atoms with Crippen molar-refractivity contribution in [1.29, 1.82) is 0 Å². The minimum Gasteiger partial charge on any atom is -0.322 e. The fraction of sp³-hybridized carbons (Fsp3) is 0.167. The van der Waals surface area contributed by atoms with Gasteiger partial charge in [0.1, 0.15) is 18.2 Å². The van der Waals surface area contributed by atoms with Crippen LogP contribution in [0.5, 0.6) is 0 Å². The van der Waals surface area contributed by atoms with Crippen molar-refractivity contribution >= 4 is 40.1 Å². The van der Waals surface area contributed by atoms with Crippen LogP contribution in [-0.2, 0) is 9.59 Å². The van der Waals surface area contributed by atoms with Crippen LogP contribution < -0.4 is 10.2 Å². The Bertz CT molecular complexity index is 885. The quantitative estimate of drug-likeness (QED) is 0.890. The van der Waals surface area contributed by atoms with E-state index in [0.717, 1.165) is 17.7 Å². The van der Waals surface area contributed by atoms with E-state index in [1.807, 2.05) is 31.2 Å². The van der Waals surface area contributed by atoms with Crippen LogP contribution in [0.25, 0.3) is 0 Å². The maximum Gasteiger partial charge on any atom is 0.258 e. The Morgan fingerprint density at radius 1 is 1.23 bits per heavy atom. The van der Waals surface area contributed by atoms with E-state index in [1.165, 1.54) is 11.8 Å². The number of thioether (sulfide) groups is 1. The molecule has 1 aliphatic heterocycles. The summed E-state index contributed by atoms with van der Waals surface area (Å²) in [5, 5.41) is 2.82.